The van der Waals surface area contributed by atoms with E-state index in [4.69, 9.17) is 10.2 Å². The lowest BCUT2D eigenvalue weighted by atomic mass is 10.2. The van der Waals surface area contributed by atoms with Crippen molar-refractivity contribution in [3.8, 4) is 0 Å². The highest BCUT2D eigenvalue weighted by Crippen LogP contribution is 2.23. The van der Waals surface area contributed by atoms with E-state index in [9.17, 15) is 14.9 Å². The molecule has 0 aromatic carbocycles. The summed E-state index contributed by atoms with van der Waals surface area (Å²) in [4.78, 5) is 26.5. The molecule has 1 aromatic rings. The van der Waals surface area contributed by atoms with Gasteiger partial charge in [-0.15, -0.1) is 0 Å². The molecule has 1 heterocycles. The van der Waals surface area contributed by atoms with Crippen molar-refractivity contribution in [1.82, 2.24) is 4.98 Å². The summed E-state index contributed by atoms with van der Waals surface area (Å²) in [6, 6.07) is 1.12. The second-order valence-electron chi connectivity index (χ2n) is 4.13. The summed E-state index contributed by atoms with van der Waals surface area (Å²) in [5.74, 6) is -1.10. The van der Waals surface area contributed by atoms with Gasteiger partial charge in [0.25, 0.3) is 0 Å². The number of nitro groups is 1. The van der Waals surface area contributed by atoms with Gasteiger partial charge in [0.1, 0.15) is 17.6 Å². The molecule has 104 valence electrons. The third-order valence-electron chi connectivity index (χ3n) is 2.55. The predicted octanol–water partition coefficient (Wildman–Crippen LogP) is 0.895. The van der Waals surface area contributed by atoms with E-state index >= 15 is 0 Å². The first-order chi connectivity index (χ1) is 8.88. The summed E-state index contributed by atoms with van der Waals surface area (Å²) >= 11 is 0. The number of aliphatic hydroxyl groups excluding tert-OH is 1. The van der Waals surface area contributed by atoms with Crippen molar-refractivity contribution in [1.29, 1.82) is 0 Å². The molecule has 1 rings (SSSR count). The highest BCUT2D eigenvalue weighted by atomic mass is 16.6. The molecule has 0 saturated carbocycles. The molecule has 0 unspecified atom stereocenters. The van der Waals surface area contributed by atoms with Crippen LogP contribution in [0.1, 0.15) is 24.2 Å². The fourth-order valence-corrected chi connectivity index (χ4v) is 1.66. The summed E-state index contributed by atoms with van der Waals surface area (Å²) in [6.45, 7) is 3.83. The van der Waals surface area contributed by atoms with Crippen LogP contribution < -0.4 is 4.90 Å². The summed E-state index contributed by atoms with van der Waals surface area (Å²) in [6.07, 6.45) is 0.922. The van der Waals surface area contributed by atoms with Crippen LogP contribution in [0.15, 0.2) is 12.3 Å². The molecular formula is C11H15N3O5. The Morgan fingerprint density at radius 3 is 2.63 bits per heavy atom. The molecular weight excluding hydrogens is 254 g/mol. The van der Waals surface area contributed by atoms with Gasteiger partial charge in [-0.3, -0.25) is 10.1 Å². The minimum Gasteiger partial charge on any atom is -0.477 e. The average molecular weight is 269 g/mol. The molecule has 0 aliphatic heterocycles. The van der Waals surface area contributed by atoms with E-state index < -0.39 is 22.1 Å². The second kappa shape index (κ2) is 6.10. The zero-order chi connectivity index (χ0) is 14.6. The van der Waals surface area contributed by atoms with E-state index in [0.29, 0.717) is 0 Å². The average Bonchev–Trinajstić information content (AvgIpc) is 2.34. The van der Waals surface area contributed by atoms with Gasteiger partial charge >= 0.3 is 11.7 Å². The van der Waals surface area contributed by atoms with Gasteiger partial charge in [-0.25, -0.2) is 9.78 Å². The molecule has 0 aliphatic carbocycles. The number of hydrogen-bond donors (Lipinski definition) is 2. The molecule has 19 heavy (non-hydrogen) atoms. The number of rotatable bonds is 6. The molecule has 8 heteroatoms. The minimum atomic E-state index is -1.39. The van der Waals surface area contributed by atoms with E-state index in [1.165, 1.54) is 0 Å². The molecule has 0 amide bonds. The first-order valence-corrected chi connectivity index (χ1v) is 5.63. The number of nitrogens with zero attached hydrogens (tertiary/aromatic N) is 3. The molecule has 0 saturated heterocycles. The Hall–Kier alpha value is -2.22. The van der Waals surface area contributed by atoms with Crippen LogP contribution in [0.2, 0.25) is 0 Å². The predicted molar refractivity (Wildman–Crippen MR) is 67.4 cm³/mol. The van der Waals surface area contributed by atoms with Gasteiger partial charge in [0.15, 0.2) is 0 Å². The fourth-order valence-electron chi connectivity index (χ4n) is 1.66. The topological polar surface area (TPSA) is 117 Å². The van der Waals surface area contributed by atoms with Crippen molar-refractivity contribution in [2.45, 2.75) is 19.9 Å². The number of carbonyl (C=O) groups is 1. The van der Waals surface area contributed by atoms with E-state index in [0.717, 1.165) is 12.3 Å². The number of hydrogen-bond acceptors (Lipinski definition) is 6. The lowest BCUT2D eigenvalue weighted by Gasteiger charge is -2.27. The van der Waals surface area contributed by atoms with Crippen molar-refractivity contribution in [3.05, 3.63) is 27.9 Å². The first kappa shape index (κ1) is 14.8. The van der Waals surface area contributed by atoms with Crippen LogP contribution in [0.5, 0.6) is 0 Å². The lowest BCUT2D eigenvalue weighted by molar-refractivity contribution is -0.385. The van der Waals surface area contributed by atoms with Crippen LogP contribution in [-0.2, 0) is 0 Å². The largest absolute Gasteiger partial charge is 0.477 e. The normalized spacial score (nSPS) is 10.5. The maximum atomic E-state index is 11.0. The molecule has 0 bridgehead atoms. The third-order valence-corrected chi connectivity index (χ3v) is 2.55. The molecule has 0 atom stereocenters. The number of aliphatic hydroxyl groups is 1. The molecule has 1 aromatic heterocycles. The van der Waals surface area contributed by atoms with E-state index in [2.05, 4.69) is 4.98 Å². The molecule has 0 spiro atoms. The van der Waals surface area contributed by atoms with Crippen LogP contribution in [-0.4, -0.2) is 45.3 Å². The second-order valence-corrected chi connectivity index (χ2v) is 4.13. The fraction of sp³-hybridized carbons (Fsp3) is 0.455. The van der Waals surface area contributed by atoms with Crippen LogP contribution in [0.25, 0.3) is 0 Å². The third kappa shape index (κ3) is 3.38. The summed E-state index contributed by atoms with van der Waals surface area (Å²) < 4.78 is 0. The van der Waals surface area contributed by atoms with E-state index in [1.807, 2.05) is 13.8 Å². The SMILES string of the molecule is CC(C)N(CCO)c1cc(C(=O)O)c([N+](=O)[O-])cn1. The maximum Gasteiger partial charge on any atom is 0.342 e. The Morgan fingerprint density at radius 1 is 1.58 bits per heavy atom. The number of aromatic nitrogens is 1. The van der Waals surface area contributed by atoms with Gasteiger partial charge in [0, 0.05) is 18.7 Å². The van der Waals surface area contributed by atoms with Gasteiger partial charge in [0.2, 0.25) is 0 Å². The standard InChI is InChI=1S/C11H15N3O5/c1-7(2)13(3-4-15)10-5-8(11(16)17)9(6-12-10)14(18)19/h5-7,15H,3-4H2,1-2H3,(H,16,17). The van der Waals surface area contributed by atoms with Crippen LogP contribution >= 0.6 is 0 Å². The lowest BCUT2D eigenvalue weighted by Crippen LogP contribution is -2.34. The summed E-state index contributed by atoms with van der Waals surface area (Å²) in [5, 5.41) is 28.7. The Kier molecular flexibility index (Phi) is 4.76. The number of carboxylic acid groups (broad SMARTS) is 1. The highest BCUT2D eigenvalue weighted by Gasteiger charge is 2.23. The number of aromatic carboxylic acids is 1. The van der Waals surface area contributed by atoms with Crippen LogP contribution in [0.4, 0.5) is 11.5 Å². The van der Waals surface area contributed by atoms with E-state index in [1.54, 1.807) is 4.90 Å². The van der Waals surface area contributed by atoms with Crippen molar-refractivity contribution in [2.75, 3.05) is 18.1 Å². The van der Waals surface area contributed by atoms with Crippen LogP contribution in [0, 0.1) is 10.1 Å². The van der Waals surface area contributed by atoms with Gasteiger partial charge < -0.3 is 15.1 Å². The Labute approximate surface area is 109 Å². The van der Waals surface area contributed by atoms with Crippen molar-refractivity contribution < 1.29 is 19.9 Å². The zero-order valence-electron chi connectivity index (χ0n) is 10.6. The molecule has 8 nitrogen and oxygen atoms in total. The Morgan fingerprint density at radius 2 is 2.21 bits per heavy atom. The number of anilines is 1. The molecule has 0 radical (unpaired) electrons. The minimum absolute atomic E-state index is 0.0252. The van der Waals surface area contributed by atoms with Gasteiger partial charge in [-0.05, 0) is 13.8 Å². The zero-order valence-corrected chi connectivity index (χ0v) is 10.6. The monoisotopic (exact) mass is 269 g/mol. The highest BCUT2D eigenvalue weighted by molar-refractivity contribution is 5.93. The quantitative estimate of drug-likeness (QED) is 0.581. The number of carboxylic acids is 1. The van der Waals surface area contributed by atoms with E-state index in [-0.39, 0.29) is 25.0 Å². The first-order valence-electron chi connectivity index (χ1n) is 5.63. The summed E-state index contributed by atoms with van der Waals surface area (Å²) in [7, 11) is 0. The Balaban J connectivity index is 3.27. The van der Waals surface area contributed by atoms with Gasteiger partial charge in [-0.2, -0.15) is 0 Å². The van der Waals surface area contributed by atoms with Gasteiger partial charge in [0.05, 0.1) is 11.5 Å². The Bertz CT molecular complexity index is 489. The van der Waals surface area contributed by atoms with Crippen molar-refractivity contribution >= 4 is 17.5 Å². The van der Waals surface area contributed by atoms with Crippen molar-refractivity contribution in [2.24, 2.45) is 0 Å². The number of pyridine rings is 1. The van der Waals surface area contributed by atoms with Crippen molar-refractivity contribution in [3.63, 3.8) is 0 Å². The molecule has 0 aliphatic rings. The molecule has 0 fully saturated rings. The maximum absolute atomic E-state index is 11.0. The van der Waals surface area contributed by atoms with Gasteiger partial charge in [-0.1, -0.05) is 0 Å². The van der Waals surface area contributed by atoms with Crippen LogP contribution in [0.3, 0.4) is 0 Å². The smallest absolute Gasteiger partial charge is 0.342 e. The molecule has 2 N–H and O–H groups in total. The summed E-state index contributed by atoms with van der Waals surface area (Å²) in [5.41, 5.74) is -0.970.